The van der Waals surface area contributed by atoms with Crippen LogP contribution in [-0.4, -0.2) is 20.6 Å². The van der Waals surface area contributed by atoms with Crippen LogP contribution >= 0.6 is 0 Å². The van der Waals surface area contributed by atoms with Crippen LogP contribution in [0.25, 0.3) is 16.7 Å². The molecular weight excluding hydrogens is 385 g/mol. The molecule has 0 unspecified atom stereocenters. The molecule has 4 aromatic rings. The summed E-state index contributed by atoms with van der Waals surface area (Å²) in [7, 11) is 0. The number of fused-ring (bicyclic) bond motifs is 1. The van der Waals surface area contributed by atoms with Crippen molar-refractivity contribution in [3.8, 4) is 11.4 Å². The summed E-state index contributed by atoms with van der Waals surface area (Å²) in [5.74, 6) is -1.66. The van der Waals surface area contributed by atoms with Gasteiger partial charge in [0.05, 0.1) is 11.1 Å². The largest absolute Gasteiger partial charge is 0.506 e. The van der Waals surface area contributed by atoms with Gasteiger partial charge in [0.15, 0.2) is 5.65 Å². The lowest BCUT2D eigenvalue weighted by Crippen LogP contribution is -2.29. The lowest BCUT2D eigenvalue weighted by molar-refractivity contribution is 0.102. The Kier molecular flexibility index (Phi) is 4.79. The van der Waals surface area contributed by atoms with Gasteiger partial charge in [-0.05, 0) is 67.4 Å². The molecular formula is C23H18FN3O3. The van der Waals surface area contributed by atoms with Crippen LogP contribution in [0.4, 0.5) is 10.1 Å². The molecule has 2 aromatic carbocycles. The molecule has 0 saturated carbocycles. The molecule has 30 heavy (non-hydrogen) atoms. The van der Waals surface area contributed by atoms with Crippen LogP contribution in [0.5, 0.6) is 5.75 Å². The molecule has 0 saturated heterocycles. The van der Waals surface area contributed by atoms with Gasteiger partial charge in [-0.25, -0.2) is 9.37 Å². The summed E-state index contributed by atoms with van der Waals surface area (Å²) < 4.78 is 14.6. The van der Waals surface area contributed by atoms with Crippen LogP contribution in [0.3, 0.4) is 0 Å². The maximum atomic E-state index is 13.4. The van der Waals surface area contributed by atoms with Gasteiger partial charge in [0, 0.05) is 11.9 Å². The Morgan fingerprint density at radius 2 is 1.80 bits per heavy atom. The second-order valence-corrected chi connectivity index (χ2v) is 6.92. The molecule has 0 radical (unpaired) electrons. The summed E-state index contributed by atoms with van der Waals surface area (Å²) in [6.07, 6.45) is 1.47. The predicted molar refractivity (Wildman–Crippen MR) is 113 cm³/mol. The number of nitrogens with zero attached hydrogens (tertiary/aromatic N) is 2. The minimum absolute atomic E-state index is 0.162. The fourth-order valence-corrected chi connectivity index (χ4v) is 3.31. The number of aromatic nitrogens is 2. The zero-order valence-electron chi connectivity index (χ0n) is 16.3. The smallest absolute Gasteiger partial charge is 0.273 e. The number of rotatable bonds is 3. The van der Waals surface area contributed by atoms with Crippen LogP contribution < -0.4 is 10.9 Å². The van der Waals surface area contributed by atoms with Crippen molar-refractivity contribution in [3.63, 3.8) is 0 Å². The molecule has 0 atom stereocenters. The number of amides is 1. The highest BCUT2D eigenvalue weighted by atomic mass is 19.1. The van der Waals surface area contributed by atoms with Crippen LogP contribution in [0, 0.1) is 19.7 Å². The highest BCUT2D eigenvalue weighted by Gasteiger charge is 2.24. The number of carbonyl (C=O) groups is 1. The molecule has 7 heteroatoms. The zero-order valence-corrected chi connectivity index (χ0v) is 16.3. The number of hydrogen-bond donors (Lipinski definition) is 2. The van der Waals surface area contributed by atoms with E-state index in [1.165, 1.54) is 35.0 Å². The lowest BCUT2D eigenvalue weighted by atomic mass is 10.1. The Morgan fingerprint density at radius 3 is 2.53 bits per heavy atom. The Bertz CT molecular complexity index is 1340. The van der Waals surface area contributed by atoms with E-state index in [2.05, 4.69) is 10.3 Å². The molecule has 0 spiro atoms. The minimum atomic E-state index is -0.756. The second-order valence-electron chi connectivity index (χ2n) is 6.92. The third kappa shape index (κ3) is 3.20. The number of hydrogen-bond acceptors (Lipinski definition) is 4. The average molecular weight is 403 g/mol. The van der Waals surface area contributed by atoms with E-state index in [0.717, 1.165) is 11.1 Å². The number of nitrogens with one attached hydrogen (secondary N) is 1. The third-order valence-corrected chi connectivity index (χ3v) is 5.07. The van der Waals surface area contributed by atoms with Gasteiger partial charge in [-0.1, -0.05) is 12.1 Å². The first-order chi connectivity index (χ1) is 14.4. The summed E-state index contributed by atoms with van der Waals surface area (Å²) in [6, 6.07) is 13.8. The van der Waals surface area contributed by atoms with E-state index in [0.29, 0.717) is 11.4 Å². The monoisotopic (exact) mass is 403 g/mol. The Balaban J connectivity index is 1.94. The number of pyridine rings is 2. The zero-order chi connectivity index (χ0) is 21.4. The topological polar surface area (TPSA) is 84.2 Å². The first kappa shape index (κ1) is 19.3. The van der Waals surface area contributed by atoms with E-state index in [-0.39, 0.29) is 11.0 Å². The molecule has 6 nitrogen and oxygen atoms in total. The van der Waals surface area contributed by atoms with Crippen molar-refractivity contribution in [3.05, 3.63) is 93.7 Å². The van der Waals surface area contributed by atoms with Gasteiger partial charge < -0.3 is 10.4 Å². The normalized spacial score (nSPS) is 10.9. The number of aromatic hydroxyl groups is 1. The Hall–Kier alpha value is -4.00. The molecule has 0 fully saturated rings. The maximum Gasteiger partial charge on any atom is 0.273 e. The number of carbonyl (C=O) groups excluding carboxylic acids is 1. The van der Waals surface area contributed by atoms with Gasteiger partial charge in [-0.2, -0.15) is 0 Å². The van der Waals surface area contributed by atoms with Crippen molar-refractivity contribution in [1.82, 2.24) is 9.55 Å². The molecule has 4 rings (SSSR count). The van der Waals surface area contributed by atoms with Crippen molar-refractivity contribution in [2.75, 3.05) is 5.32 Å². The average Bonchev–Trinajstić information content (AvgIpc) is 2.73. The molecule has 0 aliphatic heterocycles. The Morgan fingerprint density at radius 1 is 1.07 bits per heavy atom. The number of halogens is 1. The van der Waals surface area contributed by atoms with Crippen LogP contribution in [0.2, 0.25) is 0 Å². The highest BCUT2D eigenvalue weighted by molar-refractivity contribution is 6.09. The fourth-order valence-electron chi connectivity index (χ4n) is 3.31. The van der Waals surface area contributed by atoms with Gasteiger partial charge in [-0.15, -0.1) is 0 Å². The van der Waals surface area contributed by atoms with Crippen molar-refractivity contribution in [1.29, 1.82) is 0 Å². The van der Waals surface area contributed by atoms with Crippen LogP contribution in [0.15, 0.2) is 65.6 Å². The standard InChI is InChI=1S/C23H18FN3O3/c1-13-5-3-7-18(14(13)2)26-22(29)19-20(28)17-6-4-12-25-21(17)27(23(19)30)16-10-8-15(24)9-11-16/h3-12,28H,1-2H3,(H,26,29). The highest BCUT2D eigenvalue weighted by Crippen LogP contribution is 2.28. The van der Waals surface area contributed by atoms with Gasteiger partial charge in [0.1, 0.15) is 17.1 Å². The summed E-state index contributed by atoms with van der Waals surface area (Å²) in [5.41, 5.74) is 1.68. The van der Waals surface area contributed by atoms with E-state index in [1.54, 1.807) is 24.3 Å². The summed E-state index contributed by atoms with van der Waals surface area (Å²) in [5, 5.41) is 13.7. The Labute approximate surface area is 171 Å². The number of benzene rings is 2. The van der Waals surface area contributed by atoms with Crippen molar-refractivity contribution in [2.45, 2.75) is 13.8 Å². The SMILES string of the molecule is Cc1cccc(NC(=O)c2c(O)c3cccnc3n(-c3ccc(F)cc3)c2=O)c1C. The molecule has 2 N–H and O–H groups in total. The summed E-state index contributed by atoms with van der Waals surface area (Å²) in [6.45, 7) is 3.76. The second kappa shape index (κ2) is 7.44. The van der Waals surface area contributed by atoms with Gasteiger partial charge in [-0.3, -0.25) is 14.2 Å². The molecule has 150 valence electrons. The van der Waals surface area contributed by atoms with Crippen LogP contribution in [-0.2, 0) is 0 Å². The molecule has 1 amide bonds. The van der Waals surface area contributed by atoms with Gasteiger partial charge >= 0.3 is 0 Å². The first-order valence-electron chi connectivity index (χ1n) is 9.24. The lowest BCUT2D eigenvalue weighted by Gasteiger charge is -2.15. The van der Waals surface area contributed by atoms with E-state index < -0.39 is 28.6 Å². The number of aryl methyl sites for hydroxylation is 1. The maximum absolute atomic E-state index is 13.4. The molecule has 0 bridgehead atoms. The molecule has 2 heterocycles. The molecule has 2 aromatic heterocycles. The third-order valence-electron chi connectivity index (χ3n) is 5.07. The van der Waals surface area contributed by atoms with Crippen molar-refractivity contribution in [2.24, 2.45) is 0 Å². The summed E-state index contributed by atoms with van der Waals surface area (Å²) >= 11 is 0. The quantitative estimate of drug-likeness (QED) is 0.539. The van der Waals surface area contributed by atoms with Gasteiger partial charge in [0.25, 0.3) is 11.5 Å². The van der Waals surface area contributed by atoms with Crippen molar-refractivity contribution < 1.29 is 14.3 Å². The summed E-state index contributed by atoms with van der Waals surface area (Å²) in [4.78, 5) is 30.5. The molecule has 0 aliphatic rings. The predicted octanol–water partition coefficient (Wildman–Crippen LogP) is 4.10. The van der Waals surface area contributed by atoms with Crippen LogP contribution in [0.1, 0.15) is 21.5 Å². The molecule has 0 aliphatic carbocycles. The van der Waals surface area contributed by atoms with E-state index in [9.17, 15) is 19.1 Å². The fraction of sp³-hybridized carbons (Fsp3) is 0.0870. The van der Waals surface area contributed by atoms with Crippen molar-refractivity contribution >= 4 is 22.6 Å². The van der Waals surface area contributed by atoms with E-state index in [1.807, 2.05) is 19.9 Å². The minimum Gasteiger partial charge on any atom is -0.506 e. The van der Waals surface area contributed by atoms with E-state index >= 15 is 0 Å². The van der Waals surface area contributed by atoms with Gasteiger partial charge in [0.2, 0.25) is 0 Å². The first-order valence-corrected chi connectivity index (χ1v) is 9.24. The van der Waals surface area contributed by atoms with E-state index in [4.69, 9.17) is 0 Å². The number of anilines is 1.